The number of nitrogens with two attached hydrogens (primary N) is 1. The van der Waals surface area contributed by atoms with Crippen molar-refractivity contribution < 1.29 is 5.11 Å². The zero-order valence-corrected chi connectivity index (χ0v) is 10.8. The zero-order chi connectivity index (χ0) is 12.9. The van der Waals surface area contributed by atoms with Crippen LogP contribution in [0.15, 0.2) is 18.2 Å². The molecule has 0 amide bonds. The number of nitriles is 1. The molecule has 4 nitrogen and oxygen atoms in total. The molecule has 1 unspecified atom stereocenters. The van der Waals surface area contributed by atoms with Gasteiger partial charge >= 0.3 is 0 Å². The smallest absolute Gasteiger partial charge is 0.0992 e. The first-order chi connectivity index (χ1) is 7.98. The fourth-order valence-electron chi connectivity index (χ4n) is 1.44. The summed E-state index contributed by atoms with van der Waals surface area (Å²) in [6.45, 7) is 2.19. The molecule has 0 heterocycles. The van der Waals surface area contributed by atoms with Crippen molar-refractivity contribution in [2.75, 3.05) is 29.6 Å². The molecule has 0 saturated heterocycles. The van der Waals surface area contributed by atoms with Crippen LogP contribution in [0.1, 0.15) is 12.5 Å². The van der Waals surface area contributed by atoms with Crippen LogP contribution in [0.2, 0.25) is 0 Å². The topological polar surface area (TPSA) is 82.1 Å². The molecule has 0 spiro atoms. The van der Waals surface area contributed by atoms with Gasteiger partial charge in [0.2, 0.25) is 0 Å². The molecule has 1 atom stereocenters. The van der Waals surface area contributed by atoms with Crippen LogP contribution in [0.5, 0.6) is 0 Å². The molecule has 92 valence electrons. The lowest BCUT2D eigenvalue weighted by molar-refractivity contribution is 0.0997. The van der Waals surface area contributed by atoms with Gasteiger partial charge in [-0.25, -0.2) is 0 Å². The van der Waals surface area contributed by atoms with Crippen LogP contribution in [-0.2, 0) is 0 Å². The van der Waals surface area contributed by atoms with Crippen molar-refractivity contribution in [1.29, 1.82) is 5.26 Å². The Morgan fingerprint density at radius 2 is 2.29 bits per heavy atom. The third kappa shape index (κ3) is 4.17. The van der Waals surface area contributed by atoms with Crippen molar-refractivity contribution in [1.82, 2.24) is 0 Å². The number of nitrogen functional groups attached to an aromatic ring is 1. The molecule has 0 aliphatic heterocycles. The van der Waals surface area contributed by atoms with Gasteiger partial charge in [-0.15, -0.1) is 0 Å². The Balaban J connectivity index is 2.67. The number of anilines is 2. The molecule has 4 N–H and O–H groups in total. The molecule has 1 rings (SSSR count). The second-order valence-electron chi connectivity index (χ2n) is 4.20. The summed E-state index contributed by atoms with van der Waals surface area (Å²) in [5, 5.41) is 21.8. The third-order valence-electron chi connectivity index (χ3n) is 2.30. The number of rotatable bonds is 5. The standard InChI is InChI=1S/C12H17N3OS/c1-12(16,8-17-2)7-15-11-4-3-9(6-13)5-10(11)14/h3-5,15-16H,7-8,14H2,1-2H3. The fourth-order valence-corrected chi connectivity index (χ4v) is 2.16. The highest BCUT2D eigenvalue weighted by atomic mass is 32.2. The first-order valence-corrected chi connectivity index (χ1v) is 6.63. The molecular weight excluding hydrogens is 234 g/mol. The number of hydrogen-bond acceptors (Lipinski definition) is 5. The molecule has 0 radical (unpaired) electrons. The van der Waals surface area contributed by atoms with Crippen LogP contribution in [0.25, 0.3) is 0 Å². The number of thioether (sulfide) groups is 1. The normalized spacial score (nSPS) is 13.8. The van der Waals surface area contributed by atoms with Crippen molar-refractivity contribution in [3.05, 3.63) is 23.8 Å². The Kier molecular flexibility index (Phi) is 4.67. The molecular formula is C12H17N3OS. The minimum Gasteiger partial charge on any atom is -0.397 e. The number of aliphatic hydroxyl groups is 1. The predicted octanol–water partition coefficient (Wildman–Crippen LogP) is 1.67. The van der Waals surface area contributed by atoms with Crippen LogP contribution in [-0.4, -0.2) is 29.3 Å². The minimum absolute atomic E-state index is 0.421. The number of nitrogens with zero attached hydrogens (tertiary/aromatic N) is 1. The first-order valence-electron chi connectivity index (χ1n) is 5.23. The van der Waals surface area contributed by atoms with Crippen LogP contribution in [0.3, 0.4) is 0 Å². The van der Waals surface area contributed by atoms with Gasteiger partial charge in [-0.2, -0.15) is 17.0 Å². The Bertz CT molecular complexity index is 426. The lowest BCUT2D eigenvalue weighted by atomic mass is 10.1. The maximum absolute atomic E-state index is 9.99. The number of nitrogens with one attached hydrogen (secondary N) is 1. The third-order valence-corrected chi connectivity index (χ3v) is 3.21. The van der Waals surface area contributed by atoms with Crippen LogP contribution in [0, 0.1) is 11.3 Å². The van der Waals surface area contributed by atoms with E-state index in [4.69, 9.17) is 11.0 Å². The van der Waals surface area contributed by atoms with Gasteiger partial charge in [0.1, 0.15) is 0 Å². The molecule has 17 heavy (non-hydrogen) atoms. The van der Waals surface area contributed by atoms with Crippen molar-refractivity contribution in [3.8, 4) is 6.07 Å². The van der Waals surface area contributed by atoms with E-state index < -0.39 is 5.60 Å². The van der Waals surface area contributed by atoms with E-state index in [-0.39, 0.29) is 0 Å². The van der Waals surface area contributed by atoms with Gasteiger partial charge in [0.15, 0.2) is 0 Å². The van der Waals surface area contributed by atoms with Crippen molar-refractivity contribution in [3.63, 3.8) is 0 Å². The average Bonchev–Trinajstić information content (AvgIpc) is 2.27. The largest absolute Gasteiger partial charge is 0.397 e. The average molecular weight is 251 g/mol. The minimum atomic E-state index is -0.778. The van der Waals surface area contributed by atoms with E-state index in [0.29, 0.717) is 23.5 Å². The summed E-state index contributed by atoms with van der Waals surface area (Å²) in [6, 6.07) is 7.09. The Morgan fingerprint density at radius 3 is 2.82 bits per heavy atom. The fraction of sp³-hybridized carbons (Fsp3) is 0.417. The summed E-state index contributed by atoms with van der Waals surface area (Å²) in [4.78, 5) is 0. The summed E-state index contributed by atoms with van der Waals surface area (Å²) in [5.74, 6) is 0.649. The number of benzene rings is 1. The molecule has 1 aromatic rings. The van der Waals surface area contributed by atoms with Crippen molar-refractivity contribution in [2.45, 2.75) is 12.5 Å². The van der Waals surface area contributed by atoms with E-state index in [1.54, 1.807) is 36.9 Å². The van der Waals surface area contributed by atoms with Crippen molar-refractivity contribution >= 4 is 23.1 Å². The molecule has 5 heteroatoms. The zero-order valence-electron chi connectivity index (χ0n) is 10.0. The van der Waals surface area contributed by atoms with Gasteiger partial charge in [-0.1, -0.05) is 0 Å². The van der Waals surface area contributed by atoms with E-state index in [1.807, 2.05) is 12.3 Å². The maximum atomic E-state index is 9.99. The summed E-state index contributed by atoms with van der Waals surface area (Å²) in [5.41, 5.74) is 6.81. The molecule has 0 aliphatic rings. The summed E-state index contributed by atoms with van der Waals surface area (Å²) in [6.07, 6.45) is 1.95. The maximum Gasteiger partial charge on any atom is 0.0992 e. The molecule has 0 saturated carbocycles. The van der Waals surface area contributed by atoms with Gasteiger partial charge in [0.25, 0.3) is 0 Å². The van der Waals surface area contributed by atoms with Gasteiger partial charge < -0.3 is 16.2 Å². The van der Waals surface area contributed by atoms with E-state index in [0.717, 1.165) is 5.69 Å². The Hall–Kier alpha value is -1.38. The molecule has 0 fully saturated rings. The van der Waals surface area contributed by atoms with Crippen LogP contribution >= 0.6 is 11.8 Å². The van der Waals surface area contributed by atoms with Crippen LogP contribution < -0.4 is 11.1 Å². The van der Waals surface area contributed by atoms with Gasteiger partial charge in [-0.05, 0) is 31.4 Å². The highest BCUT2D eigenvalue weighted by Gasteiger charge is 2.19. The van der Waals surface area contributed by atoms with E-state index >= 15 is 0 Å². The SMILES string of the molecule is CSCC(C)(O)CNc1ccc(C#N)cc1N. The first kappa shape index (κ1) is 13.7. The molecule has 0 aliphatic carbocycles. The predicted molar refractivity (Wildman–Crippen MR) is 73.1 cm³/mol. The lowest BCUT2D eigenvalue weighted by Crippen LogP contribution is -2.36. The molecule has 0 aromatic heterocycles. The van der Waals surface area contributed by atoms with E-state index in [1.165, 1.54) is 0 Å². The van der Waals surface area contributed by atoms with E-state index in [2.05, 4.69) is 5.32 Å². The number of hydrogen-bond donors (Lipinski definition) is 3. The van der Waals surface area contributed by atoms with Gasteiger partial charge in [-0.3, -0.25) is 0 Å². The van der Waals surface area contributed by atoms with Gasteiger partial charge in [0, 0.05) is 12.3 Å². The Morgan fingerprint density at radius 1 is 1.59 bits per heavy atom. The quantitative estimate of drug-likeness (QED) is 0.693. The summed E-state index contributed by atoms with van der Waals surface area (Å²) in [7, 11) is 0. The van der Waals surface area contributed by atoms with Crippen LogP contribution in [0.4, 0.5) is 11.4 Å². The highest BCUT2D eigenvalue weighted by molar-refractivity contribution is 7.98. The highest BCUT2D eigenvalue weighted by Crippen LogP contribution is 2.21. The van der Waals surface area contributed by atoms with Crippen molar-refractivity contribution in [2.24, 2.45) is 0 Å². The summed E-state index contributed by atoms with van der Waals surface area (Å²) < 4.78 is 0. The lowest BCUT2D eigenvalue weighted by Gasteiger charge is -2.23. The second kappa shape index (κ2) is 5.80. The molecule has 1 aromatic carbocycles. The second-order valence-corrected chi connectivity index (χ2v) is 5.06. The Labute approximate surface area is 106 Å². The van der Waals surface area contributed by atoms with E-state index in [9.17, 15) is 5.11 Å². The van der Waals surface area contributed by atoms with Gasteiger partial charge in [0.05, 0.1) is 28.6 Å². The monoisotopic (exact) mass is 251 g/mol. The summed E-state index contributed by atoms with van der Waals surface area (Å²) >= 11 is 1.59. The molecule has 0 bridgehead atoms.